The Balaban J connectivity index is 1.60. The zero-order chi connectivity index (χ0) is 20.6. The normalized spacial score (nSPS) is 14.5. The summed E-state index contributed by atoms with van der Waals surface area (Å²) in [6.07, 6.45) is 2.25. The Labute approximate surface area is 170 Å². The van der Waals surface area contributed by atoms with Gasteiger partial charge in [-0.15, -0.1) is 0 Å². The molecule has 0 unspecified atom stereocenters. The summed E-state index contributed by atoms with van der Waals surface area (Å²) in [5.41, 5.74) is 1.33. The zero-order valence-corrected chi connectivity index (χ0v) is 16.7. The first-order valence-corrected chi connectivity index (χ1v) is 10.1. The lowest BCUT2D eigenvalue weighted by molar-refractivity contribution is -0.126. The van der Waals surface area contributed by atoms with Gasteiger partial charge in [-0.3, -0.25) is 9.59 Å². The summed E-state index contributed by atoms with van der Waals surface area (Å²) >= 11 is 0. The lowest BCUT2D eigenvalue weighted by Gasteiger charge is -2.31. The molecule has 1 aliphatic heterocycles. The summed E-state index contributed by atoms with van der Waals surface area (Å²) in [6.45, 7) is 4.07. The van der Waals surface area contributed by atoms with E-state index in [-0.39, 0.29) is 30.2 Å². The van der Waals surface area contributed by atoms with Crippen LogP contribution in [0.25, 0.3) is 0 Å². The number of carbonyl (C=O) groups is 2. The molecule has 0 spiro atoms. The number of rotatable bonds is 7. The average molecular weight is 398 g/mol. The van der Waals surface area contributed by atoms with Crippen LogP contribution in [0, 0.1) is 11.7 Å². The molecule has 2 amide bonds. The fraction of sp³-hybridized carbons (Fsp3) is 0.391. The molecule has 1 N–H and O–H groups in total. The van der Waals surface area contributed by atoms with Crippen molar-refractivity contribution < 1.29 is 18.7 Å². The number of piperidine rings is 1. The maximum absolute atomic E-state index is 13.0. The van der Waals surface area contributed by atoms with Crippen molar-refractivity contribution in [3.63, 3.8) is 0 Å². The van der Waals surface area contributed by atoms with Crippen molar-refractivity contribution >= 4 is 11.8 Å². The van der Waals surface area contributed by atoms with Gasteiger partial charge in [-0.25, -0.2) is 4.39 Å². The first kappa shape index (κ1) is 20.8. The van der Waals surface area contributed by atoms with E-state index in [1.165, 1.54) is 12.1 Å². The van der Waals surface area contributed by atoms with E-state index in [1.54, 1.807) is 29.2 Å². The van der Waals surface area contributed by atoms with Crippen LogP contribution in [0.4, 0.5) is 4.39 Å². The zero-order valence-electron chi connectivity index (χ0n) is 16.7. The van der Waals surface area contributed by atoms with Gasteiger partial charge in [-0.1, -0.05) is 31.2 Å². The van der Waals surface area contributed by atoms with Gasteiger partial charge >= 0.3 is 0 Å². The third kappa shape index (κ3) is 5.56. The number of amides is 2. The lowest BCUT2D eigenvalue weighted by Crippen LogP contribution is -2.43. The van der Waals surface area contributed by atoms with Crippen molar-refractivity contribution in [1.82, 2.24) is 10.2 Å². The van der Waals surface area contributed by atoms with Crippen LogP contribution in [0.2, 0.25) is 0 Å². The first-order valence-electron chi connectivity index (χ1n) is 10.1. The highest BCUT2D eigenvalue weighted by atomic mass is 19.1. The van der Waals surface area contributed by atoms with Crippen molar-refractivity contribution in [2.24, 2.45) is 5.92 Å². The maximum atomic E-state index is 13.0. The smallest absolute Gasteiger partial charge is 0.257 e. The number of para-hydroxylation sites is 1. The number of benzene rings is 2. The number of nitrogens with one attached hydrogen (secondary N) is 1. The number of halogens is 1. The number of hydrogen-bond donors (Lipinski definition) is 1. The lowest BCUT2D eigenvalue weighted by atomic mass is 9.95. The molecule has 0 saturated carbocycles. The topological polar surface area (TPSA) is 58.6 Å². The van der Waals surface area contributed by atoms with Gasteiger partial charge in [-0.05, 0) is 49.1 Å². The monoisotopic (exact) mass is 398 g/mol. The fourth-order valence-corrected chi connectivity index (χ4v) is 3.42. The second-order valence-electron chi connectivity index (χ2n) is 7.27. The van der Waals surface area contributed by atoms with Crippen molar-refractivity contribution in [3.05, 3.63) is 65.5 Å². The second-order valence-corrected chi connectivity index (χ2v) is 7.27. The Morgan fingerprint density at radius 1 is 1.10 bits per heavy atom. The third-order valence-corrected chi connectivity index (χ3v) is 5.13. The summed E-state index contributed by atoms with van der Waals surface area (Å²) in [5, 5.41) is 2.94. The Bertz CT molecular complexity index is 830. The Kier molecular flexibility index (Phi) is 7.22. The quantitative estimate of drug-likeness (QED) is 0.772. The van der Waals surface area contributed by atoms with E-state index >= 15 is 0 Å². The first-order chi connectivity index (χ1) is 14.1. The largest absolute Gasteiger partial charge is 0.488 e. The molecule has 1 fully saturated rings. The molecule has 6 heteroatoms. The van der Waals surface area contributed by atoms with Crippen molar-refractivity contribution in [3.8, 4) is 5.75 Å². The molecule has 0 aliphatic carbocycles. The summed E-state index contributed by atoms with van der Waals surface area (Å²) in [4.78, 5) is 26.9. The molecule has 0 radical (unpaired) electrons. The molecule has 3 rings (SSSR count). The standard InChI is InChI=1S/C23H27FN2O3/c1-2-13-25-22(27)18-11-14-26(15-12-18)23(28)20-5-3-4-6-21(20)29-16-17-7-9-19(24)10-8-17/h3-10,18H,2,11-16H2,1H3,(H,25,27). The fourth-order valence-electron chi connectivity index (χ4n) is 3.42. The average Bonchev–Trinajstić information content (AvgIpc) is 2.77. The molecule has 1 aliphatic rings. The number of ether oxygens (including phenoxy) is 1. The highest BCUT2D eigenvalue weighted by Gasteiger charge is 2.28. The van der Waals surface area contributed by atoms with Crippen LogP contribution in [-0.4, -0.2) is 36.3 Å². The molecule has 5 nitrogen and oxygen atoms in total. The van der Waals surface area contributed by atoms with E-state index in [0.29, 0.717) is 43.8 Å². The minimum Gasteiger partial charge on any atom is -0.488 e. The van der Waals surface area contributed by atoms with E-state index in [1.807, 2.05) is 19.1 Å². The molecular formula is C23H27FN2O3. The van der Waals surface area contributed by atoms with Gasteiger partial charge in [0.05, 0.1) is 5.56 Å². The number of nitrogens with zero attached hydrogens (tertiary/aromatic N) is 1. The van der Waals surface area contributed by atoms with E-state index < -0.39 is 0 Å². The predicted octanol–water partition coefficient (Wildman–Crippen LogP) is 3.78. The maximum Gasteiger partial charge on any atom is 0.257 e. The molecule has 0 bridgehead atoms. The molecule has 0 aromatic heterocycles. The Hall–Kier alpha value is -2.89. The summed E-state index contributed by atoms with van der Waals surface area (Å²) in [7, 11) is 0. The van der Waals surface area contributed by atoms with Crippen molar-refractivity contribution in [2.45, 2.75) is 32.8 Å². The molecule has 1 saturated heterocycles. The molecule has 2 aromatic carbocycles. The van der Waals surface area contributed by atoms with Crippen molar-refractivity contribution in [1.29, 1.82) is 0 Å². The van der Waals surface area contributed by atoms with Gasteiger partial charge in [0, 0.05) is 25.6 Å². The Morgan fingerprint density at radius 3 is 2.48 bits per heavy atom. The molecular weight excluding hydrogens is 371 g/mol. The number of hydrogen-bond acceptors (Lipinski definition) is 3. The number of carbonyl (C=O) groups excluding carboxylic acids is 2. The van der Waals surface area contributed by atoms with Crippen LogP contribution in [0.1, 0.15) is 42.1 Å². The van der Waals surface area contributed by atoms with Gasteiger partial charge < -0.3 is 15.0 Å². The summed E-state index contributed by atoms with van der Waals surface area (Å²) in [6, 6.07) is 13.2. The van der Waals surface area contributed by atoms with Crippen LogP contribution in [-0.2, 0) is 11.4 Å². The van der Waals surface area contributed by atoms with Gasteiger partial charge in [-0.2, -0.15) is 0 Å². The van der Waals surface area contributed by atoms with Crippen LogP contribution in [0.15, 0.2) is 48.5 Å². The van der Waals surface area contributed by atoms with Gasteiger partial charge in [0.15, 0.2) is 0 Å². The minimum atomic E-state index is -0.295. The van der Waals surface area contributed by atoms with Gasteiger partial charge in [0.25, 0.3) is 5.91 Å². The van der Waals surface area contributed by atoms with Crippen LogP contribution in [0.5, 0.6) is 5.75 Å². The number of likely N-dealkylation sites (tertiary alicyclic amines) is 1. The summed E-state index contributed by atoms with van der Waals surface area (Å²) in [5.74, 6) is 0.172. The van der Waals surface area contributed by atoms with E-state index in [0.717, 1.165) is 12.0 Å². The Morgan fingerprint density at radius 2 is 1.79 bits per heavy atom. The molecule has 0 atom stereocenters. The molecule has 1 heterocycles. The summed E-state index contributed by atoms with van der Waals surface area (Å²) < 4.78 is 18.9. The molecule has 2 aromatic rings. The molecule has 154 valence electrons. The van der Waals surface area contributed by atoms with E-state index in [9.17, 15) is 14.0 Å². The van der Waals surface area contributed by atoms with Crippen LogP contribution in [0.3, 0.4) is 0 Å². The predicted molar refractivity (Wildman–Crippen MR) is 109 cm³/mol. The minimum absolute atomic E-state index is 0.0319. The molecule has 29 heavy (non-hydrogen) atoms. The van der Waals surface area contributed by atoms with Gasteiger partial charge in [0.2, 0.25) is 5.91 Å². The van der Waals surface area contributed by atoms with Gasteiger partial charge in [0.1, 0.15) is 18.2 Å². The van der Waals surface area contributed by atoms with E-state index in [2.05, 4.69) is 5.32 Å². The van der Waals surface area contributed by atoms with Crippen LogP contribution >= 0.6 is 0 Å². The third-order valence-electron chi connectivity index (χ3n) is 5.13. The van der Waals surface area contributed by atoms with E-state index in [4.69, 9.17) is 4.74 Å². The highest BCUT2D eigenvalue weighted by molar-refractivity contribution is 5.97. The highest BCUT2D eigenvalue weighted by Crippen LogP contribution is 2.24. The van der Waals surface area contributed by atoms with Crippen LogP contribution < -0.4 is 10.1 Å². The SMILES string of the molecule is CCCNC(=O)C1CCN(C(=O)c2ccccc2OCc2ccc(F)cc2)CC1. The second kappa shape index (κ2) is 10.0. The van der Waals surface area contributed by atoms with Crippen molar-refractivity contribution in [2.75, 3.05) is 19.6 Å².